The molecule has 1 fully saturated rings. The topological polar surface area (TPSA) is 43.8 Å². The van der Waals surface area contributed by atoms with E-state index in [0.29, 0.717) is 17.5 Å². The molecular weight excluding hydrogens is 237 g/mol. The van der Waals surface area contributed by atoms with Gasteiger partial charge in [0.05, 0.1) is 5.52 Å². The third kappa shape index (κ3) is 1.78. The molecule has 1 aliphatic heterocycles. The van der Waals surface area contributed by atoms with E-state index in [1.165, 1.54) is 6.07 Å². The number of aromatic nitrogens is 2. The van der Waals surface area contributed by atoms with Crippen LogP contribution >= 0.6 is 11.8 Å². The van der Waals surface area contributed by atoms with Gasteiger partial charge in [-0.1, -0.05) is 6.07 Å². The van der Waals surface area contributed by atoms with Crippen LogP contribution in [-0.2, 0) is 0 Å². The quantitative estimate of drug-likeness (QED) is 0.847. The van der Waals surface area contributed by atoms with Gasteiger partial charge in [0, 0.05) is 6.04 Å². The summed E-state index contributed by atoms with van der Waals surface area (Å²) in [5.41, 5.74) is 7.14. The number of thioether (sulfide) groups is 1. The number of nitrogens with two attached hydrogens (primary N) is 1. The van der Waals surface area contributed by atoms with Crippen LogP contribution in [0.2, 0.25) is 0 Å². The van der Waals surface area contributed by atoms with Crippen molar-refractivity contribution in [3.05, 3.63) is 24.0 Å². The summed E-state index contributed by atoms with van der Waals surface area (Å²) < 4.78 is 15.6. The third-order valence-electron chi connectivity index (χ3n) is 3.25. The molecule has 1 aromatic carbocycles. The van der Waals surface area contributed by atoms with Crippen molar-refractivity contribution in [2.24, 2.45) is 0 Å². The maximum atomic E-state index is 13.6. The number of benzene rings is 1. The highest BCUT2D eigenvalue weighted by Gasteiger charge is 2.21. The second kappa shape index (κ2) is 4.22. The molecule has 2 heterocycles. The molecule has 1 saturated heterocycles. The molecule has 0 spiro atoms. The minimum atomic E-state index is -0.293. The normalized spacial score (nSPS) is 17.7. The molecular formula is C12H14FN3S. The number of hydrogen-bond acceptors (Lipinski definition) is 3. The molecule has 0 bridgehead atoms. The molecule has 2 N–H and O–H groups in total. The number of nitrogen functional groups attached to an aromatic ring is 1. The standard InChI is InChI=1S/C12H14FN3S/c13-9-2-1-3-10-11(9)15-12(14)16(10)8-4-6-17-7-5-8/h1-3,8H,4-7H2,(H2,14,15). The van der Waals surface area contributed by atoms with Crippen molar-refractivity contribution in [2.45, 2.75) is 18.9 Å². The van der Waals surface area contributed by atoms with Crippen molar-refractivity contribution >= 4 is 28.7 Å². The van der Waals surface area contributed by atoms with Gasteiger partial charge in [0.2, 0.25) is 5.95 Å². The number of fused-ring (bicyclic) bond motifs is 1. The zero-order chi connectivity index (χ0) is 11.8. The van der Waals surface area contributed by atoms with Crippen LogP contribution in [0, 0.1) is 5.82 Å². The zero-order valence-electron chi connectivity index (χ0n) is 9.40. The molecule has 0 atom stereocenters. The van der Waals surface area contributed by atoms with Crippen LogP contribution in [0.25, 0.3) is 11.0 Å². The van der Waals surface area contributed by atoms with E-state index >= 15 is 0 Å². The highest BCUT2D eigenvalue weighted by Crippen LogP contribution is 2.32. The van der Waals surface area contributed by atoms with Gasteiger partial charge in [-0.2, -0.15) is 11.8 Å². The fourth-order valence-electron chi connectivity index (χ4n) is 2.43. The van der Waals surface area contributed by atoms with Gasteiger partial charge in [-0.05, 0) is 36.5 Å². The Morgan fingerprint density at radius 3 is 2.88 bits per heavy atom. The van der Waals surface area contributed by atoms with Gasteiger partial charge in [-0.15, -0.1) is 0 Å². The average molecular weight is 251 g/mol. The maximum Gasteiger partial charge on any atom is 0.201 e. The number of rotatable bonds is 1. The first kappa shape index (κ1) is 10.9. The van der Waals surface area contributed by atoms with Gasteiger partial charge in [0.1, 0.15) is 5.52 Å². The van der Waals surface area contributed by atoms with Crippen LogP contribution in [0.15, 0.2) is 18.2 Å². The van der Waals surface area contributed by atoms with Crippen LogP contribution < -0.4 is 5.73 Å². The lowest BCUT2D eigenvalue weighted by molar-refractivity contribution is 0.486. The summed E-state index contributed by atoms with van der Waals surface area (Å²) in [4.78, 5) is 4.15. The van der Waals surface area contributed by atoms with Crippen molar-refractivity contribution < 1.29 is 4.39 Å². The summed E-state index contributed by atoms with van der Waals surface area (Å²) >= 11 is 1.96. The van der Waals surface area contributed by atoms with E-state index in [-0.39, 0.29) is 5.82 Å². The first-order valence-corrected chi connectivity index (χ1v) is 6.92. The first-order valence-electron chi connectivity index (χ1n) is 5.77. The lowest BCUT2D eigenvalue weighted by Gasteiger charge is -2.24. The highest BCUT2D eigenvalue weighted by molar-refractivity contribution is 7.99. The molecule has 0 unspecified atom stereocenters. The van der Waals surface area contributed by atoms with E-state index < -0.39 is 0 Å². The number of nitrogens with zero attached hydrogens (tertiary/aromatic N) is 2. The van der Waals surface area contributed by atoms with Crippen molar-refractivity contribution in [2.75, 3.05) is 17.2 Å². The Morgan fingerprint density at radius 1 is 1.35 bits per heavy atom. The lowest BCUT2D eigenvalue weighted by atomic mass is 10.1. The Labute approximate surface area is 103 Å². The van der Waals surface area contributed by atoms with E-state index in [4.69, 9.17) is 5.73 Å². The second-order valence-corrected chi connectivity index (χ2v) is 5.52. The predicted molar refractivity (Wildman–Crippen MR) is 69.7 cm³/mol. The molecule has 0 saturated carbocycles. The molecule has 2 aromatic rings. The summed E-state index contributed by atoms with van der Waals surface area (Å²) in [5.74, 6) is 2.41. The number of para-hydroxylation sites is 1. The monoisotopic (exact) mass is 251 g/mol. The number of halogens is 1. The van der Waals surface area contributed by atoms with E-state index in [0.717, 1.165) is 29.9 Å². The maximum absolute atomic E-state index is 13.6. The Morgan fingerprint density at radius 2 is 2.12 bits per heavy atom. The Hall–Kier alpha value is -1.23. The van der Waals surface area contributed by atoms with E-state index in [9.17, 15) is 4.39 Å². The van der Waals surface area contributed by atoms with Crippen molar-refractivity contribution in [3.63, 3.8) is 0 Å². The number of hydrogen-bond donors (Lipinski definition) is 1. The van der Waals surface area contributed by atoms with Crippen LogP contribution in [0.1, 0.15) is 18.9 Å². The molecule has 1 aliphatic rings. The summed E-state index contributed by atoms with van der Waals surface area (Å²) in [6.07, 6.45) is 2.16. The molecule has 3 nitrogen and oxygen atoms in total. The summed E-state index contributed by atoms with van der Waals surface area (Å²) in [5, 5.41) is 0. The first-order chi connectivity index (χ1) is 8.27. The fourth-order valence-corrected chi connectivity index (χ4v) is 3.51. The van der Waals surface area contributed by atoms with Gasteiger partial charge < -0.3 is 10.3 Å². The van der Waals surface area contributed by atoms with E-state index in [1.54, 1.807) is 6.07 Å². The number of anilines is 1. The predicted octanol–water partition coefficient (Wildman–Crippen LogP) is 2.83. The molecule has 3 rings (SSSR count). The summed E-state index contributed by atoms with van der Waals surface area (Å²) in [7, 11) is 0. The molecule has 0 aliphatic carbocycles. The minimum Gasteiger partial charge on any atom is -0.369 e. The van der Waals surface area contributed by atoms with E-state index in [2.05, 4.69) is 4.98 Å². The van der Waals surface area contributed by atoms with Gasteiger partial charge in [0.25, 0.3) is 0 Å². The molecule has 0 amide bonds. The largest absolute Gasteiger partial charge is 0.369 e. The van der Waals surface area contributed by atoms with Gasteiger partial charge in [0.15, 0.2) is 5.82 Å². The van der Waals surface area contributed by atoms with Gasteiger partial charge >= 0.3 is 0 Å². The van der Waals surface area contributed by atoms with Gasteiger partial charge in [-0.25, -0.2) is 9.37 Å². The van der Waals surface area contributed by atoms with Gasteiger partial charge in [-0.3, -0.25) is 0 Å². The van der Waals surface area contributed by atoms with Crippen LogP contribution in [0.5, 0.6) is 0 Å². The number of imidazole rings is 1. The Kier molecular flexibility index (Phi) is 2.70. The van der Waals surface area contributed by atoms with E-state index in [1.807, 2.05) is 22.4 Å². The molecule has 0 radical (unpaired) electrons. The zero-order valence-corrected chi connectivity index (χ0v) is 10.2. The molecule has 90 valence electrons. The molecule has 17 heavy (non-hydrogen) atoms. The lowest BCUT2D eigenvalue weighted by Crippen LogP contribution is -2.17. The van der Waals surface area contributed by atoms with Crippen LogP contribution in [-0.4, -0.2) is 21.1 Å². The van der Waals surface area contributed by atoms with Crippen molar-refractivity contribution in [3.8, 4) is 0 Å². The molecule has 5 heteroatoms. The highest BCUT2D eigenvalue weighted by atomic mass is 32.2. The minimum absolute atomic E-state index is 0.293. The SMILES string of the molecule is Nc1nc2c(F)cccc2n1C1CCSCC1. The second-order valence-electron chi connectivity index (χ2n) is 4.29. The summed E-state index contributed by atoms with van der Waals surface area (Å²) in [6, 6.07) is 5.40. The van der Waals surface area contributed by atoms with Crippen molar-refractivity contribution in [1.82, 2.24) is 9.55 Å². The third-order valence-corrected chi connectivity index (χ3v) is 4.30. The fraction of sp³-hybridized carbons (Fsp3) is 0.417. The average Bonchev–Trinajstić information content (AvgIpc) is 2.68. The van der Waals surface area contributed by atoms with Crippen LogP contribution in [0.4, 0.5) is 10.3 Å². The molecule has 1 aromatic heterocycles. The van der Waals surface area contributed by atoms with Crippen LogP contribution in [0.3, 0.4) is 0 Å². The van der Waals surface area contributed by atoms with Crippen molar-refractivity contribution in [1.29, 1.82) is 0 Å². The summed E-state index contributed by atoms with van der Waals surface area (Å²) in [6.45, 7) is 0. The Balaban J connectivity index is 2.14. The Bertz CT molecular complexity index is 546. The smallest absolute Gasteiger partial charge is 0.201 e.